The average Bonchev–Trinajstić information content (AvgIpc) is 2.27. The molecule has 1 heterocycles. The summed E-state index contributed by atoms with van der Waals surface area (Å²) < 4.78 is 11.0. The Morgan fingerprint density at radius 3 is 2.38 bits per heavy atom. The monoisotopic (exact) mass is 230 g/mol. The highest BCUT2D eigenvalue weighted by Crippen LogP contribution is 2.19. The molecule has 1 unspecified atom stereocenters. The van der Waals surface area contributed by atoms with E-state index in [2.05, 4.69) is 18.7 Å². The number of morpholine rings is 1. The van der Waals surface area contributed by atoms with Gasteiger partial charge in [0.25, 0.3) is 0 Å². The molecule has 0 amide bonds. The molecular weight excluding hydrogens is 204 g/mol. The van der Waals surface area contributed by atoms with Crippen LogP contribution in [0.1, 0.15) is 27.7 Å². The fourth-order valence-corrected chi connectivity index (χ4v) is 1.87. The highest BCUT2D eigenvalue weighted by molar-refractivity contribution is 4.92. The van der Waals surface area contributed by atoms with Crippen LogP contribution in [0.4, 0.5) is 0 Å². The summed E-state index contributed by atoms with van der Waals surface area (Å²) in [6.45, 7) is 12.6. The van der Waals surface area contributed by atoms with E-state index in [0.717, 1.165) is 26.3 Å². The van der Waals surface area contributed by atoms with Crippen LogP contribution in [0.15, 0.2) is 0 Å². The van der Waals surface area contributed by atoms with Crippen LogP contribution in [0.2, 0.25) is 0 Å². The predicted octanol–water partition coefficient (Wildman–Crippen LogP) is 0.850. The van der Waals surface area contributed by atoms with Crippen molar-refractivity contribution in [3.8, 4) is 0 Å². The van der Waals surface area contributed by atoms with Crippen molar-refractivity contribution in [1.82, 2.24) is 4.90 Å². The number of rotatable bonds is 5. The second kappa shape index (κ2) is 5.96. The molecule has 1 rings (SSSR count). The molecule has 16 heavy (non-hydrogen) atoms. The maximum atomic E-state index is 6.22. The number of nitrogens with zero attached hydrogens (tertiary/aromatic N) is 1. The minimum absolute atomic E-state index is 0.0291. The zero-order valence-corrected chi connectivity index (χ0v) is 11.0. The summed E-state index contributed by atoms with van der Waals surface area (Å²) in [5.74, 6) is 0. The lowest BCUT2D eigenvalue weighted by Crippen LogP contribution is -2.60. The van der Waals surface area contributed by atoms with Gasteiger partial charge in [-0.3, -0.25) is 4.90 Å². The van der Waals surface area contributed by atoms with E-state index in [1.165, 1.54) is 0 Å². The van der Waals surface area contributed by atoms with Crippen LogP contribution >= 0.6 is 0 Å². The highest BCUT2D eigenvalue weighted by Gasteiger charge is 2.34. The van der Waals surface area contributed by atoms with Crippen LogP contribution in [0.25, 0.3) is 0 Å². The van der Waals surface area contributed by atoms with E-state index < -0.39 is 0 Å². The van der Waals surface area contributed by atoms with E-state index in [1.54, 1.807) is 0 Å². The van der Waals surface area contributed by atoms with E-state index in [1.807, 2.05) is 13.8 Å². The third-order valence-corrected chi connectivity index (χ3v) is 3.34. The number of hydrogen-bond donors (Lipinski definition) is 1. The quantitative estimate of drug-likeness (QED) is 0.760. The first-order valence-corrected chi connectivity index (χ1v) is 6.14. The molecule has 0 spiro atoms. The summed E-state index contributed by atoms with van der Waals surface area (Å²) >= 11 is 0. The molecule has 0 aromatic carbocycles. The minimum atomic E-state index is -0.0291. The molecule has 1 fully saturated rings. The number of hydrogen-bond acceptors (Lipinski definition) is 4. The second-order valence-electron chi connectivity index (χ2n) is 5.24. The zero-order chi connectivity index (χ0) is 12.2. The van der Waals surface area contributed by atoms with Crippen molar-refractivity contribution in [2.45, 2.75) is 45.4 Å². The summed E-state index contributed by atoms with van der Waals surface area (Å²) in [5, 5.41) is 0. The molecule has 0 aromatic heterocycles. The van der Waals surface area contributed by atoms with E-state index in [-0.39, 0.29) is 17.7 Å². The first-order chi connectivity index (χ1) is 7.44. The average molecular weight is 230 g/mol. The van der Waals surface area contributed by atoms with Gasteiger partial charge in [-0.15, -0.1) is 0 Å². The molecule has 0 radical (unpaired) electrons. The fourth-order valence-electron chi connectivity index (χ4n) is 1.87. The van der Waals surface area contributed by atoms with Gasteiger partial charge in [0.2, 0.25) is 0 Å². The Balaban J connectivity index is 2.46. The molecule has 1 atom stereocenters. The van der Waals surface area contributed by atoms with E-state index in [0.29, 0.717) is 6.61 Å². The lowest BCUT2D eigenvalue weighted by Gasteiger charge is -2.44. The fraction of sp³-hybridized carbons (Fsp3) is 1.00. The molecule has 0 bridgehead atoms. The van der Waals surface area contributed by atoms with Crippen molar-refractivity contribution in [2.75, 3.05) is 32.9 Å². The van der Waals surface area contributed by atoms with Crippen molar-refractivity contribution in [3.63, 3.8) is 0 Å². The summed E-state index contributed by atoms with van der Waals surface area (Å²) in [6, 6.07) is 0.0352. The van der Waals surface area contributed by atoms with Crippen LogP contribution in [-0.2, 0) is 9.47 Å². The van der Waals surface area contributed by atoms with Gasteiger partial charge in [-0.05, 0) is 27.7 Å². The van der Waals surface area contributed by atoms with Gasteiger partial charge in [0, 0.05) is 24.7 Å². The molecule has 0 aliphatic carbocycles. The lowest BCUT2D eigenvalue weighted by atomic mass is 9.93. The number of nitrogens with two attached hydrogens (primary N) is 1. The van der Waals surface area contributed by atoms with Crippen LogP contribution in [-0.4, -0.2) is 55.5 Å². The van der Waals surface area contributed by atoms with Gasteiger partial charge in [-0.2, -0.15) is 0 Å². The summed E-state index contributed by atoms with van der Waals surface area (Å²) in [4.78, 5) is 2.39. The molecule has 4 heteroatoms. The Bertz CT molecular complexity index is 201. The van der Waals surface area contributed by atoms with Gasteiger partial charge in [0.05, 0.1) is 25.9 Å². The first-order valence-electron chi connectivity index (χ1n) is 6.14. The van der Waals surface area contributed by atoms with E-state index >= 15 is 0 Å². The lowest BCUT2D eigenvalue weighted by molar-refractivity contribution is -0.0366. The Morgan fingerprint density at radius 1 is 1.31 bits per heavy atom. The van der Waals surface area contributed by atoms with Crippen LogP contribution in [0.5, 0.6) is 0 Å². The first kappa shape index (κ1) is 13.9. The van der Waals surface area contributed by atoms with Gasteiger partial charge in [0.1, 0.15) is 0 Å². The smallest absolute Gasteiger partial charge is 0.0638 e. The van der Waals surface area contributed by atoms with Gasteiger partial charge < -0.3 is 15.2 Å². The van der Waals surface area contributed by atoms with Crippen molar-refractivity contribution in [3.05, 3.63) is 0 Å². The standard InChI is InChI=1S/C12H26N2O2/c1-10(2)16-9-11(13)12(3,4)14-5-7-15-8-6-14/h10-11H,5-9,13H2,1-4H3. The van der Waals surface area contributed by atoms with Crippen LogP contribution < -0.4 is 5.73 Å². The van der Waals surface area contributed by atoms with Gasteiger partial charge in [-0.1, -0.05) is 0 Å². The topological polar surface area (TPSA) is 47.7 Å². The molecule has 4 nitrogen and oxygen atoms in total. The van der Waals surface area contributed by atoms with E-state index in [4.69, 9.17) is 15.2 Å². The molecule has 0 saturated carbocycles. The number of ether oxygens (including phenoxy) is 2. The maximum absolute atomic E-state index is 6.22. The normalized spacial score (nSPS) is 21.4. The third-order valence-electron chi connectivity index (χ3n) is 3.34. The molecule has 2 N–H and O–H groups in total. The van der Waals surface area contributed by atoms with Gasteiger partial charge in [0.15, 0.2) is 0 Å². The Kier molecular flexibility index (Phi) is 5.18. The second-order valence-corrected chi connectivity index (χ2v) is 5.24. The van der Waals surface area contributed by atoms with Gasteiger partial charge in [-0.25, -0.2) is 0 Å². The van der Waals surface area contributed by atoms with Crippen molar-refractivity contribution >= 4 is 0 Å². The van der Waals surface area contributed by atoms with Crippen molar-refractivity contribution in [1.29, 1.82) is 0 Å². The zero-order valence-electron chi connectivity index (χ0n) is 11.0. The Hall–Kier alpha value is -0.160. The largest absolute Gasteiger partial charge is 0.379 e. The molecule has 0 aromatic rings. The predicted molar refractivity (Wildman–Crippen MR) is 65.5 cm³/mol. The third kappa shape index (κ3) is 3.70. The van der Waals surface area contributed by atoms with Crippen molar-refractivity contribution < 1.29 is 9.47 Å². The minimum Gasteiger partial charge on any atom is -0.379 e. The maximum Gasteiger partial charge on any atom is 0.0638 e. The van der Waals surface area contributed by atoms with Gasteiger partial charge >= 0.3 is 0 Å². The Morgan fingerprint density at radius 2 is 1.88 bits per heavy atom. The molecule has 96 valence electrons. The SMILES string of the molecule is CC(C)OCC(N)C(C)(C)N1CCOCC1. The summed E-state index contributed by atoms with van der Waals surface area (Å²) in [5.41, 5.74) is 6.19. The summed E-state index contributed by atoms with van der Waals surface area (Å²) in [6.07, 6.45) is 0.242. The highest BCUT2D eigenvalue weighted by atomic mass is 16.5. The van der Waals surface area contributed by atoms with Crippen LogP contribution in [0.3, 0.4) is 0 Å². The molecule has 1 saturated heterocycles. The van der Waals surface area contributed by atoms with E-state index in [9.17, 15) is 0 Å². The van der Waals surface area contributed by atoms with Crippen LogP contribution in [0, 0.1) is 0 Å². The molecule has 1 aliphatic rings. The Labute approximate surface area is 99.1 Å². The molecule has 1 aliphatic heterocycles. The molecular formula is C12H26N2O2. The summed E-state index contributed by atoms with van der Waals surface area (Å²) in [7, 11) is 0. The van der Waals surface area contributed by atoms with Crippen molar-refractivity contribution in [2.24, 2.45) is 5.73 Å².